The minimum atomic E-state index is -1.03. The van der Waals surface area contributed by atoms with E-state index in [1.807, 2.05) is 0 Å². The van der Waals surface area contributed by atoms with Crippen LogP contribution in [0.25, 0.3) is 0 Å². The van der Waals surface area contributed by atoms with E-state index in [1.54, 1.807) is 0 Å². The Labute approximate surface area is 213 Å². The number of hydrogen-bond acceptors (Lipinski definition) is 8. The van der Waals surface area contributed by atoms with E-state index in [0.29, 0.717) is 6.42 Å². The van der Waals surface area contributed by atoms with Crippen molar-refractivity contribution in [3.8, 4) is 0 Å². The fraction of sp³-hybridized carbons (Fsp3) is 0.963. The summed E-state index contributed by atoms with van der Waals surface area (Å²) in [5, 5.41) is 36.5. The van der Waals surface area contributed by atoms with Crippen LogP contribution in [0, 0.1) is 0 Å². The van der Waals surface area contributed by atoms with Crippen molar-refractivity contribution in [2.75, 3.05) is 39.6 Å². The molecular formula is C27H54O8. The molecule has 4 N–H and O–H groups in total. The summed E-state index contributed by atoms with van der Waals surface area (Å²) >= 11 is 0. The molecule has 0 radical (unpaired) electrons. The van der Waals surface area contributed by atoms with E-state index in [9.17, 15) is 15.0 Å². The van der Waals surface area contributed by atoms with Gasteiger partial charge in [-0.2, -0.15) is 0 Å². The van der Waals surface area contributed by atoms with E-state index < -0.39 is 31.5 Å². The first-order valence-corrected chi connectivity index (χ1v) is 14.0. The van der Waals surface area contributed by atoms with Gasteiger partial charge < -0.3 is 34.6 Å². The Morgan fingerprint density at radius 1 is 0.629 bits per heavy atom. The fourth-order valence-corrected chi connectivity index (χ4v) is 3.73. The first-order chi connectivity index (χ1) is 17.0. The average molecular weight is 507 g/mol. The highest BCUT2D eigenvalue weighted by Gasteiger charge is 2.16. The second-order valence-corrected chi connectivity index (χ2v) is 9.55. The molecule has 35 heavy (non-hydrogen) atoms. The van der Waals surface area contributed by atoms with E-state index in [0.717, 1.165) is 19.3 Å². The van der Waals surface area contributed by atoms with Crippen molar-refractivity contribution in [3.63, 3.8) is 0 Å². The lowest BCUT2D eigenvalue weighted by atomic mass is 10.0. The summed E-state index contributed by atoms with van der Waals surface area (Å²) in [5.41, 5.74) is 0. The molecule has 0 aliphatic rings. The molecule has 0 rings (SSSR count). The minimum Gasteiger partial charge on any atom is -0.463 e. The highest BCUT2D eigenvalue weighted by Crippen LogP contribution is 2.14. The fourth-order valence-electron chi connectivity index (χ4n) is 3.73. The van der Waals surface area contributed by atoms with Gasteiger partial charge in [0.2, 0.25) is 0 Å². The molecule has 0 amide bonds. The van der Waals surface area contributed by atoms with Crippen molar-refractivity contribution >= 4 is 5.97 Å². The molecule has 0 saturated heterocycles. The topological polar surface area (TPSA) is 126 Å². The lowest BCUT2D eigenvalue weighted by molar-refractivity contribution is -0.152. The summed E-state index contributed by atoms with van der Waals surface area (Å²) in [5.74, 6) is -0.300. The molecule has 0 spiro atoms. The predicted molar refractivity (Wildman–Crippen MR) is 137 cm³/mol. The number of aliphatic hydroxyl groups is 4. The zero-order valence-corrected chi connectivity index (χ0v) is 22.2. The van der Waals surface area contributed by atoms with Crippen molar-refractivity contribution in [1.82, 2.24) is 0 Å². The van der Waals surface area contributed by atoms with Crippen LogP contribution in [-0.2, 0) is 19.0 Å². The van der Waals surface area contributed by atoms with Crippen LogP contribution in [0.2, 0.25) is 0 Å². The number of esters is 1. The summed E-state index contributed by atoms with van der Waals surface area (Å²) in [4.78, 5) is 12.0. The molecular weight excluding hydrogens is 452 g/mol. The lowest BCUT2D eigenvalue weighted by Crippen LogP contribution is -2.33. The van der Waals surface area contributed by atoms with Gasteiger partial charge in [-0.25, -0.2) is 0 Å². The molecule has 0 unspecified atom stereocenters. The van der Waals surface area contributed by atoms with Crippen LogP contribution < -0.4 is 0 Å². The quantitative estimate of drug-likeness (QED) is 0.0976. The van der Waals surface area contributed by atoms with Crippen molar-refractivity contribution < 1.29 is 39.4 Å². The number of carbonyl (C=O) groups excluding carboxylic acids is 1. The van der Waals surface area contributed by atoms with E-state index in [1.165, 1.54) is 77.0 Å². The maximum absolute atomic E-state index is 12.0. The van der Waals surface area contributed by atoms with Crippen LogP contribution in [0.4, 0.5) is 0 Å². The molecule has 0 aliphatic carbocycles. The van der Waals surface area contributed by atoms with Crippen LogP contribution in [0.5, 0.6) is 0 Å². The normalized spacial score (nSPS) is 14.1. The maximum Gasteiger partial charge on any atom is 0.305 e. The molecule has 0 fully saturated rings. The molecule has 8 heteroatoms. The van der Waals surface area contributed by atoms with Crippen LogP contribution in [0.1, 0.15) is 110 Å². The van der Waals surface area contributed by atoms with Crippen LogP contribution in [0.3, 0.4) is 0 Å². The molecule has 0 heterocycles. The van der Waals surface area contributed by atoms with Crippen molar-refractivity contribution in [3.05, 3.63) is 0 Å². The van der Waals surface area contributed by atoms with Gasteiger partial charge in [-0.3, -0.25) is 4.79 Å². The Hall–Kier alpha value is -0.770. The van der Waals surface area contributed by atoms with Gasteiger partial charge in [0.15, 0.2) is 0 Å². The third-order valence-corrected chi connectivity index (χ3v) is 5.97. The number of ether oxygens (including phenoxy) is 3. The first kappa shape index (κ1) is 34.2. The second-order valence-electron chi connectivity index (χ2n) is 9.55. The molecule has 0 aliphatic heterocycles. The Kier molecular flexibility index (Phi) is 25.7. The molecule has 8 nitrogen and oxygen atoms in total. The Morgan fingerprint density at radius 2 is 1.09 bits per heavy atom. The maximum atomic E-state index is 12.0. The Bertz CT molecular complexity index is 449. The number of hydrogen-bond donors (Lipinski definition) is 4. The van der Waals surface area contributed by atoms with Gasteiger partial charge in [0.05, 0.1) is 33.0 Å². The molecule has 3 atom stereocenters. The summed E-state index contributed by atoms with van der Waals surface area (Å²) in [6, 6.07) is 0. The summed E-state index contributed by atoms with van der Waals surface area (Å²) < 4.78 is 16.0. The van der Waals surface area contributed by atoms with Crippen molar-refractivity contribution in [2.24, 2.45) is 0 Å². The summed E-state index contributed by atoms with van der Waals surface area (Å²) in [6.07, 6.45) is 16.8. The van der Waals surface area contributed by atoms with E-state index in [2.05, 4.69) is 6.92 Å². The first-order valence-electron chi connectivity index (χ1n) is 14.0. The van der Waals surface area contributed by atoms with Crippen LogP contribution in [-0.4, -0.2) is 84.3 Å². The second kappa shape index (κ2) is 26.3. The zero-order chi connectivity index (χ0) is 26.0. The average Bonchev–Trinajstić information content (AvgIpc) is 2.87. The largest absolute Gasteiger partial charge is 0.463 e. The molecule has 0 aromatic heterocycles. The van der Waals surface area contributed by atoms with Crippen LogP contribution >= 0.6 is 0 Å². The van der Waals surface area contributed by atoms with Gasteiger partial charge >= 0.3 is 5.97 Å². The van der Waals surface area contributed by atoms with Gasteiger partial charge in [-0.15, -0.1) is 0 Å². The van der Waals surface area contributed by atoms with E-state index in [4.69, 9.17) is 24.4 Å². The molecule has 0 aromatic rings. The van der Waals surface area contributed by atoms with Crippen molar-refractivity contribution in [1.29, 1.82) is 0 Å². The summed E-state index contributed by atoms with van der Waals surface area (Å²) in [7, 11) is 0. The number of unbranched alkanes of at least 4 members (excludes halogenated alkanes) is 14. The number of carbonyl (C=O) groups is 1. The SMILES string of the molecule is CCCCCCCCCCCCCCCCCC(=O)OC[C@@H](COC[C@H](O)CO)OC[C@H](O)CO. The zero-order valence-electron chi connectivity index (χ0n) is 22.2. The van der Waals surface area contributed by atoms with Gasteiger partial charge in [0.25, 0.3) is 0 Å². The lowest BCUT2D eigenvalue weighted by Gasteiger charge is -2.20. The molecule has 0 saturated carbocycles. The molecule has 0 aromatic carbocycles. The Balaban J connectivity index is 3.70. The van der Waals surface area contributed by atoms with Gasteiger partial charge in [0, 0.05) is 6.42 Å². The molecule has 0 bridgehead atoms. The third-order valence-electron chi connectivity index (χ3n) is 5.97. The standard InChI is InChI=1S/C27H54O8/c1-2-3-4-5-6-7-8-9-10-11-12-13-14-15-16-17-27(32)35-23-26(34-21-25(31)19-29)22-33-20-24(30)18-28/h24-26,28-31H,2-23H2,1H3/t24-,25-,26-/m1/s1. The smallest absolute Gasteiger partial charge is 0.305 e. The minimum absolute atomic E-state index is 0.0292. The highest BCUT2D eigenvalue weighted by molar-refractivity contribution is 5.69. The van der Waals surface area contributed by atoms with Gasteiger partial charge in [-0.1, -0.05) is 96.8 Å². The van der Waals surface area contributed by atoms with E-state index >= 15 is 0 Å². The third kappa shape index (κ3) is 24.7. The monoisotopic (exact) mass is 506 g/mol. The van der Waals surface area contributed by atoms with E-state index in [-0.39, 0.29) is 32.4 Å². The van der Waals surface area contributed by atoms with Crippen molar-refractivity contribution in [2.45, 2.75) is 128 Å². The number of rotatable bonds is 27. The summed E-state index contributed by atoms with van der Waals surface area (Å²) in [6.45, 7) is 1.20. The molecule has 210 valence electrons. The van der Waals surface area contributed by atoms with Crippen LogP contribution in [0.15, 0.2) is 0 Å². The van der Waals surface area contributed by atoms with Gasteiger partial charge in [0.1, 0.15) is 24.9 Å². The Morgan fingerprint density at radius 3 is 1.57 bits per heavy atom. The number of aliphatic hydroxyl groups excluding tert-OH is 4. The predicted octanol–water partition coefficient (Wildman–Crippen LogP) is 3.90. The van der Waals surface area contributed by atoms with Gasteiger partial charge in [-0.05, 0) is 6.42 Å². The highest BCUT2D eigenvalue weighted by atomic mass is 16.6.